The van der Waals surface area contributed by atoms with Crippen LogP contribution in [-0.4, -0.2) is 15.0 Å². The smallest absolute Gasteiger partial charge is 0.160 e. The monoisotopic (exact) mass is 435 g/mol. The molecule has 0 saturated carbocycles. The minimum atomic E-state index is 0.706. The number of rotatable bonds is 4. The van der Waals surface area contributed by atoms with Gasteiger partial charge in [0.2, 0.25) is 0 Å². The summed E-state index contributed by atoms with van der Waals surface area (Å²) in [4.78, 5) is 14.5. The van der Waals surface area contributed by atoms with Gasteiger partial charge in [-0.05, 0) is 17.5 Å². The quantitative estimate of drug-likeness (QED) is 0.285. The maximum Gasteiger partial charge on any atom is 0.160 e. The second kappa shape index (κ2) is 8.72. The molecule has 3 nitrogen and oxygen atoms in total. The van der Waals surface area contributed by atoms with Crippen molar-refractivity contribution in [2.24, 2.45) is 0 Å². The second-order valence-corrected chi connectivity index (χ2v) is 8.15. The normalized spacial score (nSPS) is 10.9. The van der Waals surface area contributed by atoms with E-state index < -0.39 is 0 Å². The molecular formula is C31H21N3. The Hall–Kier alpha value is -4.63. The number of nitrogens with zero attached hydrogens (tertiary/aromatic N) is 3. The van der Waals surface area contributed by atoms with Crippen molar-refractivity contribution in [1.82, 2.24) is 15.0 Å². The van der Waals surface area contributed by atoms with Crippen LogP contribution in [0.2, 0.25) is 0 Å². The number of hydrogen-bond acceptors (Lipinski definition) is 3. The first-order valence-corrected chi connectivity index (χ1v) is 11.3. The van der Waals surface area contributed by atoms with Gasteiger partial charge in [-0.25, -0.2) is 9.97 Å². The van der Waals surface area contributed by atoms with Gasteiger partial charge in [0.25, 0.3) is 0 Å². The fourth-order valence-corrected chi connectivity index (χ4v) is 4.22. The van der Waals surface area contributed by atoms with Gasteiger partial charge in [-0.15, -0.1) is 0 Å². The van der Waals surface area contributed by atoms with Gasteiger partial charge in [0.05, 0.1) is 17.1 Å². The van der Waals surface area contributed by atoms with Crippen molar-refractivity contribution >= 4 is 10.8 Å². The summed E-state index contributed by atoms with van der Waals surface area (Å²) >= 11 is 0. The van der Waals surface area contributed by atoms with E-state index in [-0.39, 0.29) is 0 Å². The van der Waals surface area contributed by atoms with Crippen molar-refractivity contribution < 1.29 is 0 Å². The SMILES string of the molecule is c1ccc(-c2cc(-c3ccccc3)nc(-c3ccc(-c4nccc5ccccc45)cc3)n2)cc1. The average Bonchev–Trinajstić information content (AvgIpc) is 2.93. The van der Waals surface area contributed by atoms with Crippen LogP contribution in [0.15, 0.2) is 128 Å². The lowest BCUT2D eigenvalue weighted by Crippen LogP contribution is -1.96. The minimum Gasteiger partial charge on any atom is -0.256 e. The minimum absolute atomic E-state index is 0.706. The summed E-state index contributed by atoms with van der Waals surface area (Å²) in [5.41, 5.74) is 6.98. The van der Waals surface area contributed by atoms with E-state index in [1.54, 1.807) is 0 Å². The van der Waals surface area contributed by atoms with Crippen molar-refractivity contribution in [3.05, 3.63) is 128 Å². The molecule has 6 aromatic rings. The maximum atomic E-state index is 4.93. The number of benzene rings is 4. The standard InChI is InChI=1S/C31H21N3/c1-3-10-23(11-4-1)28-21-29(24-12-5-2-6-13-24)34-31(33-28)26-17-15-25(16-18-26)30-27-14-8-7-9-22(27)19-20-32-30/h1-21H. The van der Waals surface area contributed by atoms with E-state index in [1.165, 1.54) is 5.39 Å². The van der Waals surface area contributed by atoms with Gasteiger partial charge >= 0.3 is 0 Å². The Bertz CT molecular complexity index is 1510. The van der Waals surface area contributed by atoms with Crippen molar-refractivity contribution in [3.63, 3.8) is 0 Å². The van der Waals surface area contributed by atoms with Gasteiger partial charge in [-0.2, -0.15) is 0 Å². The molecule has 2 aromatic heterocycles. The van der Waals surface area contributed by atoms with Crippen molar-refractivity contribution in [1.29, 1.82) is 0 Å². The molecule has 2 heterocycles. The van der Waals surface area contributed by atoms with Crippen LogP contribution in [0.3, 0.4) is 0 Å². The highest BCUT2D eigenvalue weighted by Crippen LogP contribution is 2.30. The number of fused-ring (bicyclic) bond motifs is 1. The number of aromatic nitrogens is 3. The Balaban J connectivity index is 1.45. The van der Waals surface area contributed by atoms with E-state index in [2.05, 4.69) is 83.8 Å². The van der Waals surface area contributed by atoms with Crippen molar-refractivity contribution in [3.8, 4) is 45.2 Å². The largest absolute Gasteiger partial charge is 0.256 e. The van der Waals surface area contributed by atoms with Gasteiger partial charge in [0.15, 0.2) is 5.82 Å². The van der Waals surface area contributed by atoms with Crippen LogP contribution in [-0.2, 0) is 0 Å². The first kappa shape index (κ1) is 20.0. The van der Waals surface area contributed by atoms with Gasteiger partial charge < -0.3 is 0 Å². The number of hydrogen-bond donors (Lipinski definition) is 0. The summed E-state index contributed by atoms with van der Waals surface area (Å²) in [5, 5.41) is 2.33. The predicted octanol–water partition coefficient (Wildman–Crippen LogP) is 7.69. The molecule has 0 N–H and O–H groups in total. The molecule has 0 bridgehead atoms. The van der Waals surface area contributed by atoms with Crippen LogP contribution < -0.4 is 0 Å². The molecule has 0 amide bonds. The molecule has 0 radical (unpaired) electrons. The molecule has 6 rings (SSSR count). The van der Waals surface area contributed by atoms with Crippen molar-refractivity contribution in [2.75, 3.05) is 0 Å². The van der Waals surface area contributed by atoms with Crippen LogP contribution in [0.4, 0.5) is 0 Å². The molecular weight excluding hydrogens is 414 g/mol. The van der Waals surface area contributed by atoms with Gasteiger partial charge in [0.1, 0.15) is 0 Å². The molecule has 0 aliphatic rings. The van der Waals surface area contributed by atoms with Crippen LogP contribution in [0, 0.1) is 0 Å². The first-order valence-electron chi connectivity index (χ1n) is 11.3. The molecule has 0 aliphatic heterocycles. The van der Waals surface area contributed by atoms with Crippen LogP contribution >= 0.6 is 0 Å². The van der Waals surface area contributed by atoms with Gasteiger partial charge in [-0.3, -0.25) is 4.98 Å². The lowest BCUT2D eigenvalue weighted by molar-refractivity contribution is 1.18. The summed E-state index contributed by atoms with van der Waals surface area (Å²) < 4.78 is 0. The topological polar surface area (TPSA) is 38.7 Å². The first-order chi connectivity index (χ1) is 16.8. The highest BCUT2D eigenvalue weighted by atomic mass is 14.9. The zero-order chi connectivity index (χ0) is 22.7. The Morgan fingerprint density at radius 2 is 1.00 bits per heavy atom. The zero-order valence-electron chi connectivity index (χ0n) is 18.5. The molecule has 0 atom stereocenters. The highest BCUT2D eigenvalue weighted by molar-refractivity contribution is 5.94. The van der Waals surface area contributed by atoms with E-state index in [1.807, 2.05) is 48.7 Å². The molecule has 4 aromatic carbocycles. The third-order valence-corrected chi connectivity index (χ3v) is 5.96. The molecule has 160 valence electrons. The molecule has 0 spiro atoms. The van der Waals surface area contributed by atoms with Crippen LogP contribution in [0.5, 0.6) is 0 Å². The van der Waals surface area contributed by atoms with Crippen LogP contribution in [0.1, 0.15) is 0 Å². The molecule has 0 aliphatic carbocycles. The maximum absolute atomic E-state index is 4.93. The summed E-state index contributed by atoms with van der Waals surface area (Å²) in [6.45, 7) is 0. The summed E-state index contributed by atoms with van der Waals surface area (Å²) in [5.74, 6) is 0.706. The predicted molar refractivity (Wildman–Crippen MR) is 139 cm³/mol. The zero-order valence-corrected chi connectivity index (χ0v) is 18.5. The summed E-state index contributed by atoms with van der Waals surface area (Å²) in [7, 11) is 0. The molecule has 0 fully saturated rings. The average molecular weight is 436 g/mol. The van der Waals surface area contributed by atoms with E-state index in [0.29, 0.717) is 5.82 Å². The third kappa shape index (κ3) is 3.84. The lowest BCUT2D eigenvalue weighted by Gasteiger charge is -2.10. The van der Waals surface area contributed by atoms with E-state index >= 15 is 0 Å². The molecule has 0 unspecified atom stereocenters. The Kier molecular flexibility index (Phi) is 5.13. The fraction of sp³-hybridized carbons (Fsp3) is 0. The molecule has 3 heteroatoms. The Labute approximate surface area is 198 Å². The number of pyridine rings is 1. The fourth-order valence-electron chi connectivity index (χ4n) is 4.22. The second-order valence-electron chi connectivity index (χ2n) is 8.15. The van der Waals surface area contributed by atoms with Crippen molar-refractivity contribution in [2.45, 2.75) is 0 Å². The molecule has 0 saturated heterocycles. The van der Waals surface area contributed by atoms with Gasteiger partial charge in [0, 0.05) is 33.8 Å². The molecule has 34 heavy (non-hydrogen) atoms. The van der Waals surface area contributed by atoms with Gasteiger partial charge in [-0.1, -0.05) is 109 Å². The lowest BCUT2D eigenvalue weighted by atomic mass is 10.0. The third-order valence-electron chi connectivity index (χ3n) is 5.96. The Morgan fingerprint density at radius 3 is 1.65 bits per heavy atom. The summed E-state index contributed by atoms with van der Waals surface area (Å²) in [6, 6.07) is 41.3. The van der Waals surface area contributed by atoms with E-state index in [4.69, 9.17) is 9.97 Å². The van der Waals surface area contributed by atoms with Crippen LogP contribution in [0.25, 0.3) is 55.9 Å². The Morgan fingerprint density at radius 1 is 0.441 bits per heavy atom. The highest BCUT2D eigenvalue weighted by Gasteiger charge is 2.11. The van der Waals surface area contributed by atoms with E-state index in [0.717, 1.165) is 44.7 Å². The summed E-state index contributed by atoms with van der Waals surface area (Å²) in [6.07, 6.45) is 1.87. The van der Waals surface area contributed by atoms with E-state index in [9.17, 15) is 0 Å².